The molecule has 8 nitrogen and oxygen atoms in total. The van der Waals surface area contributed by atoms with Crippen molar-refractivity contribution in [2.24, 2.45) is 5.41 Å². The SMILES string of the molecule is Cc1cc2c(=O)[nH]c(-c3ccc(NC(=O)C(C)(C)C)cc3C(F)(F)F)nn2c1.O=C=O. The number of rotatable bonds is 2. The Labute approximate surface area is 174 Å². The molecular weight excluding hydrogens is 417 g/mol. The summed E-state index contributed by atoms with van der Waals surface area (Å²) in [6.07, 6.45) is -2.91. The van der Waals surface area contributed by atoms with E-state index >= 15 is 0 Å². The highest BCUT2D eigenvalue weighted by atomic mass is 19.4. The molecule has 0 saturated heterocycles. The number of aromatic nitrogens is 3. The lowest BCUT2D eigenvalue weighted by atomic mass is 9.95. The average Bonchev–Trinajstić information content (AvgIpc) is 3.01. The minimum atomic E-state index is -4.71. The van der Waals surface area contributed by atoms with Gasteiger partial charge < -0.3 is 10.3 Å². The number of nitrogens with zero attached hydrogens (tertiary/aromatic N) is 2. The Kier molecular flexibility index (Phi) is 6.51. The smallest absolute Gasteiger partial charge is 0.326 e. The zero-order valence-electron chi connectivity index (χ0n) is 17.0. The zero-order chi connectivity index (χ0) is 23.6. The minimum Gasteiger partial charge on any atom is -0.326 e. The third kappa shape index (κ3) is 5.46. The summed E-state index contributed by atoms with van der Waals surface area (Å²) < 4.78 is 42.2. The van der Waals surface area contributed by atoms with Crippen molar-refractivity contribution in [2.45, 2.75) is 33.9 Å². The van der Waals surface area contributed by atoms with Gasteiger partial charge in [-0.1, -0.05) is 20.8 Å². The Morgan fingerprint density at radius 2 is 1.77 bits per heavy atom. The van der Waals surface area contributed by atoms with Crippen molar-refractivity contribution in [3.63, 3.8) is 0 Å². The molecular formula is C20H19F3N4O4. The number of fused-ring (bicyclic) bond motifs is 1. The summed E-state index contributed by atoms with van der Waals surface area (Å²) in [6.45, 7) is 6.72. The number of anilines is 1. The summed E-state index contributed by atoms with van der Waals surface area (Å²) in [5, 5.41) is 6.59. The Bertz CT molecular complexity index is 1210. The molecule has 0 spiro atoms. The molecule has 31 heavy (non-hydrogen) atoms. The van der Waals surface area contributed by atoms with Crippen molar-refractivity contribution < 1.29 is 27.6 Å². The molecule has 0 bridgehead atoms. The summed E-state index contributed by atoms with van der Waals surface area (Å²) in [7, 11) is 0. The average molecular weight is 436 g/mol. The number of benzene rings is 1. The summed E-state index contributed by atoms with van der Waals surface area (Å²) in [5.41, 5.74) is -1.60. The third-order valence-electron chi connectivity index (χ3n) is 4.13. The predicted molar refractivity (Wildman–Crippen MR) is 104 cm³/mol. The van der Waals surface area contributed by atoms with Gasteiger partial charge in [-0.2, -0.15) is 22.8 Å². The summed E-state index contributed by atoms with van der Waals surface area (Å²) in [5.74, 6) is -0.627. The number of halogens is 3. The van der Waals surface area contributed by atoms with Gasteiger partial charge in [0, 0.05) is 22.9 Å². The number of aromatic amines is 1. The van der Waals surface area contributed by atoms with Gasteiger partial charge in [0.05, 0.1) is 5.56 Å². The first kappa shape index (κ1) is 23.6. The molecule has 11 heteroatoms. The van der Waals surface area contributed by atoms with Crippen molar-refractivity contribution in [3.8, 4) is 11.4 Å². The van der Waals surface area contributed by atoms with Crippen LogP contribution in [0.25, 0.3) is 16.9 Å². The molecule has 0 atom stereocenters. The Balaban J connectivity index is 0.00000107. The molecule has 0 radical (unpaired) electrons. The molecule has 164 valence electrons. The third-order valence-corrected chi connectivity index (χ3v) is 4.13. The molecule has 2 N–H and O–H groups in total. The van der Waals surface area contributed by atoms with Crippen LogP contribution in [0.1, 0.15) is 31.9 Å². The van der Waals surface area contributed by atoms with Crippen molar-refractivity contribution in [3.05, 3.63) is 51.9 Å². The van der Waals surface area contributed by atoms with Crippen LogP contribution in [0.15, 0.2) is 35.3 Å². The maximum Gasteiger partial charge on any atom is 0.417 e. The molecule has 2 heterocycles. The number of carbonyl (C=O) groups is 1. The standard InChI is InChI=1S/C19H19F3N4O2.CO2/c1-10-7-14-16(27)24-15(25-26(14)9-10)12-6-5-11(8-13(12)19(20,21)22)23-17(28)18(2,3)4;2-1-3/h5-9H,1-4H3,(H,23,28)(H,24,25,27);. The zero-order valence-corrected chi connectivity index (χ0v) is 17.0. The number of nitrogens with one attached hydrogen (secondary N) is 2. The highest BCUT2D eigenvalue weighted by molar-refractivity contribution is 5.94. The van der Waals surface area contributed by atoms with E-state index in [0.29, 0.717) is 0 Å². The first-order valence-corrected chi connectivity index (χ1v) is 8.89. The van der Waals surface area contributed by atoms with E-state index in [9.17, 15) is 22.8 Å². The van der Waals surface area contributed by atoms with Gasteiger partial charge in [-0.25, -0.2) is 4.52 Å². The Morgan fingerprint density at radius 1 is 1.16 bits per heavy atom. The first-order chi connectivity index (χ1) is 14.3. The van der Waals surface area contributed by atoms with E-state index < -0.39 is 28.6 Å². The van der Waals surface area contributed by atoms with Crippen molar-refractivity contribution in [1.29, 1.82) is 0 Å². The highest BCUT2D eigenvalue weighted by Crippen LogP contribution is 2.37. The van der Waals surface area contributed by atoms with Gasteiger partial charge in [-0.15, -0.1) is 5.10 Å². The molecule has 0 aliphatic carbocycles. The number of carbonyl (C=O) groups excluding carboxylic acids is 3. The van der Waals surface area contributed by atoms with Crippen molar-refractivity contribution >= 4 is 23.3 Å². The van der Waals surface area contributed by atoms with E-state index in [4.69, 9.17) is 9.59 Å². The van der Waals surface area contributed by atoms with Crippen LogP contribution in [0.3, 0.4) is 0 Å². The lowest BCUT2D eigenvalue weighted by molar-refractivity contribution is -0.191. The summed E-state index contributed by atoms with van der Waals surface area (Å²) in [4.78, 5) is 43.0. The molecule has 1 amide bonds. The molecule has 2 aromatic heterocycles. The number of hydrogen-bond acceptors (Lipinski definition) is 5. The van der Waals surface area contributed by atoms with E-state index in [1.54, 1.807) is 40.0 Å². The number of aryl methyl sites for hydroxylation is 1. The Morgan fingerprint density at radius 3 is 2.32 bits per heavy atom. The number of H-pyrrole nitrogens is 1. The van der Waals surface area contributed by atoms with E-state index in [-0.39, 0.29) is 28.7 Å². The molecule has 0 aliphatic rings. The fourth-order valence-electron chi connectivity index (χ4n) is 2.64. The van der Waals surface area contributed by atoms with Crippen LogP contribution in [-0.2, 0) is 20.6 Å². The predicted octanol–water partition coefficient (Wildman–Crippen LogP) is 3.42. The monoisotopic (exact) mass is 436 g/mol. The number of amides is 1. The Hall–Kier alpha value is -3.72. The van der Waals surface area contributed by atoms with E-state index in [1.807, 2.05) is 0 Å². The molecule has 0 saturated carbocycles. The van der Waals surface area contributed by atoms with Crippen LogP contribution in [0.2, 0.25) is 0 Å². The van der Waals surface area contributed by atoms with Gasteiger partial charge in [0.15, 0.2) is 5.82 Å². The van der Waals surface area contributed by atoms with Gasteiger partial charge in [-0.3, -0.25) is 9.59 Å². The second kappa shape index (κ2) is 8.57. The van der Waals surface area contributed by atoms with E-state index in [0.717, 1.165) is 11.6 Å². The maximum atomic E-state index is 13.7. The van der Waals surface area contributed by atoms with Crippen LogP contribution < -0.4 is 10.9 Å². The molecule has 0 aliphatic heterocycles. The van der Waals surface area contributed by atoms with Crippen LogP contribution in [0.4, 0.5) is 18.9 Å². The normalized spacial score (nSPS) is 11.5. The van der Waals surface area contributed by atoms with Gasteiger partial charge in [0.2, 0.25) is 5.91 Å². The second-order valence-electron chi connectivity index (χ2n) is 7.70. The summed E-state index contributed by atoms with van der Waals surface area (Å²) >= 11 is 0. The second-order valence-corrected chi connectivity index (χ2v) is 7.70. The van der Waals surface area contributed by atoms with Gasteiger partial charge >= 0.3 is 12.3 Å². The fraction of sp³-hybridized carbons (Fsp3) is 0.300. The molecule has 1 aromatic carbocycles. The summed E-state index contributed by atoms with van der Waals surface area (Å²) in [6, 6.07) is 4.95. The van der Waals surface area contributed by atoms with Gasteiger partial charge in [0.25, 0.3) is 5.56 Å². The van der Waals surface area contributed by atoms with E-state index in [1.165, 1.54) is 16.6 Å². The lowest BCUT2D eigenvalue weighted by Crippen LogP contribution is -2.27. The topological polar surface area (TPSA) is 113 Å². The molecule has 3 aromatic rings. The molecule has 3 rings (SSSR count). The highest BCUT2D eigenvalue weighted by Gasteiger charge is 2.35. The van der Waals surface area contributed by atoms with Crippen molar-refractivity contribution in [2.75, 3.05) is 5.32 Å². The molecule has 0 unspecified atom stereocenters. The van der Waals surface area contributed by atoms with E-state index in [2.05, 4.69) is 15.4 Å². The van der Waals surface area contributed by atoms with Crippen LogP contribution in [0, 0.1) is 12.3 Å². The number of hydrogen-bond donors (Lipinski definition) is 2. The molecule has 0 fully saturated rings. The maximum absolute atomic E-state index is 13.7. The van der Waals surface area contributed by atoms with Crippen LogP contribution in [-0.4, -0.2) is 26.7 Å². The number of alkyl halides is 3. The van der Waals surface area contributed by atoms with Gasteiger partial charge in [0.1, 0.15) is 5.52 Å². The lowest BCUT2D eigenvalue weighted by Gasteiger charge is -2.19. The quantitative estimate of drug-likeness (QED) is 0.639. The van der Waals surface area contributed by atoms with Crippen LogP contribution in [0.5, 0.6) is 0 Å². The van der Waals surface area contributed by atoms with Gasteiger partial charge in [-0.05, 0) is 36.8 Å². The first-order valence-electron chi connectivity index (χ1n) is 8.89. The minimum absolute atomic E-state index is 0.0104. The van der Waals surface area contributed by atoms with Crippen LogP contribution >= 0.6 is 0 Å². The van der Waals surface area contributed by atoms with Crippen molar-refractivity contribution in [1.82, 2.24) is 14.6 Å². The largest absolute Gasteiger partial charge is 0.417 e. The fourth-order valence-corrected chi connectivity index (χ4v) is 2.64.